The van der Waals surface area contributed by atoms with Crippen LogP contribution < -0.4 is 16.0 Å². The number of pyridine rings is 1. The van der Waals surface area contributed by atoms with Crippen molar-refractivity contribution in [2.75, 3.05) is 12.0 Å². The number of halogens is 1. The number of hydrazine groups is 1. The minimum Gasteiger partial charge on any atom is -0.307 e. The average molecular weight is 377 g/mol. The molecule has 0 amide bonds. The number of hydrogen-bond donors (Lipinski definition) is 3. The van der Waals surface area contributed by atoms with E-state index >= 15 is 0 Å². The lowest BCUT2D eigenvalue weighted by atomic mass is 10.3. The van der Waals surface area contributed by atoms with Gasteiger partial charge in [-0.2, -0.15) is 0 Å². The van der Waals surface area contributed by atoms with Crippen LogP contribution in [-0.4, -0.2) is 19.9 Å². The Balaban J connectivity index is 2.04. The number of nitrogen functional groups attached to an aromatic ring is 1. The smallest absolute Gasteiger partial charge is 0.244 e. The Bertz CT molecular complexity index is 687. The molecular formula is C11H13BrN4O2S2. The predicted octanol–water partition coefficient (Wildman–Crippen LogP) is 1.71. The molecule has 0 aliphatic heterocycles. The quantitative estimate of drug-likeness (QED) is 0.526. The zero-order chi connectivity index (χ0) is 14.6. The van der Waals surface area contributed by atoms with Crippen molar-refractivity contribution in [3.05, 3.63) is 39.1 Å². The molecule has 0 atom stereocenters. The number of nitrogens with two attached hydrogens (primary N) is 1. The monoisotopic (exact) mass is 376 g/mol. The number of thiophene rings is 1. The summed E-state index contributed by atoms with van der Waals surface area (Å²) in [5, 5.41) is 0. The van der Waals surface area contributed by atoms with Crippen LogP contribution in [0.3, 0.4) is 0 Å². The van der Waals surface area contributed by atoms with Gasteiger partial charge in [0.05, 0.1) is 3.79 Å². The normalized spacial score (nSPS) is 11.5. The highest BCUT2D eigenvalue weighted by molar-refractivity contribution is 9.11. The molecule has 20 heavy (non-hydrogen) atoms. The second-order valence-electron chi connectivity index (χ2n) is 3.85. The van der Waals surface area contributed by atoms with Crippen molar-refractivity contribution in [1.29, 1.82) is 0 Å². The van der Waals surface area contributed by atoms with Gasteiger partial charge >= 0.3 is 0 Å². The SMILES string of the molecule is NNc1ncccc1S(=O)(=O)NCCc1ccc(Br)s1. The maximum atomic E-state index is 12.2. The van der Waals surface area contributed by atoms with E-state index in [9.17, 15) is 8.42 Å². The van der Waals surface area contributed by atoms with E-state index in [1.54, 1.807) is 17.4 Å². The number of anilines is 1. The summed E-state index contributed by atoms with van der Waals surface area (Å²) in [5.41, 5.74) is 2.28. The number of sulfonamides is 1. The molecule has 0 fully saturated rings. The maximum absolute atomic E-state index is 12.2. The molecule has 4 N–H and O–H groups in total. The topological polar surface area (TPSA) is 97.1 Å². The van der Waals surface area contributed by atoms with E-state index in [2.05, 4.69) is 31.1 Å². The average Bonchev–Trinajstić information content (AvgIpc) is 2.84. The molecule has 0 saturated heterocycles. The van der Waals surface area contributed by atoms with Gasteiger partial charge in [0.25, 0.3) is 0 Å². The van der Waals surface area contributed by atoms with Crippen LogP contribution in [0.4, 0.5) is 5.82 Å². The number of hydrogen-bond acceptors (Lipinski definition) is 6. The van der Waals surface area contributed by atoms with Crippen molar-refractivity contribution in [1.82, 2.24) is 9.71 Å². The third-order valence-corrected chi connectivity index (χ3v) is 5.67. The van der Waals surface area contributed by atoms with Crippen LogP contribution in [-0.2, 0) is 16.4 Å². The number of nitrogens with one attached hydrogen (secondary N) is 2. The van der Waals surface area contributed by atoms with E-state index in [-0.39, 0.29) is 10.7 Å². The van der Waals surface area contributed by atoms with E-state index in [1.165, 1.54) is 12.3 Å². The fourth-order valence-electron chi connectivity index (χ4n) is 1.59. The van der Waals surface area contributed by atoms with Crippen LogP contribution >= 0.6 is 27.3 Å². The first-order valence-corrected chi connectivity index (χ1v) is 8.78. The van der Waals surface area contributed by atoms with Gasteiger partial charge in [0.1, 0.15) is 4.90 Å². The van der Waals surface area contributed by atoms with Crippen molar-refractivity contribution in [2.24, 2.45) is 5.84 Å². The summed E-state index contributed by atoms with van der Waals surface area (Å²) in [6.45, 7) is 0.314. The van der Waals surface area contributed by atoms with Crippen molar-refractivity contribution in [3.8, 4) is 0 Å². The molecule has 2 aromatic heterocycles. The van der Waals surface area contributed by atoms with Crippen LogP contribution in [0.15, 0.2) is 39.1 Å². The zero-order valence-electron chi connectivity index (χ0n) is 10.3. The van der Waals surface area contributed by atoms with Gasteiger partial charge in [-0.05, 0) is 46.6 Å². The first kappa shape index (κ1) is 15.4. The Hall–Kier alpha value is -1.000. The fraction of sp³-hybridized carbons (Fsp3) is 0.182. The zero-order valence-corrected chi connectivity index (χ0v) is 13.6. The summed E-state index contributed by atoms with van der Waals surface area (Å²) in [6.07, 6.45) is 2.10. The highest BCUT2D eigenvalue weighted by atomic mass is 79.9. The van der Waals surface area contributed by atoms with E-state index < -0.39 is 10.0 Å². The van der Waals surface area contributed by atoms with Crippen molar-refractivity contribution in [2.45, 2.75) is 11.3 Å². The number of aromatic nitrogens is 1. The highest BCUT2D eigenvalue weighted by Crippen LogP contribution is 2.22. The van der Waals surface area contributed by atoms with Crippen molar-refractivity contribution >= 4 is 43.1 Å². The first-order valence-electron chi connectivity index (χ1n) is 5.68. The molecule has 2 rings (SSSR count). The van der Waals surface area contributed by atoms with Crippen molar-refractivity contribution < 1.29 is 8.42 Å². The van der Waals surface area contributed by atoms with Gasteiger partial charge in [-0.3, -0.25) is 0 Å². The van der Waals surface area contributed by atoms with Gasteiger partial charge in [-0.1, -0.05) is 0 Å². The van der Waals surface area contributed by atoms with Gasteiger partial charge in [0.2, 0.25) is 10.0 Å². The summed E-state index contributed by atoms with van der Waals surface area (Å²) in [6, 6.07) is 6.89. The molecule has 0 radical (unpaired) electrons. The van der Waals surface area contributed by atoms with Gasteiger partial charge in [0, 0.05) is 17.6 Å². The van der Waals surface area contributed by atoms with Gasteiger partial charge in [-0.25, -0.2) is 24.0 Å². The van der Waals surface area contributed by atoms with Gasteiger partial charge < -0.3 is 5.43 Å². The second-order valence-corrected chi connectivity index (χ2v) is 8.13. The number of nitrogens with zero attached hydrogens (tertiary/aromatic N) is 1. The summed E-state index contributed by atoms with van der Waals surface area (Å²) in [4.78, 5) is 5.01. The van der Waals surface area contributed by atoms with Crippen LogP contribution in [0.2, 0.25) is 0 Å². The molecule has 0 saturated carbocycles. The van der Waals surface area contributed by atoms with Gasteiger partial charge in [-0.15, -0.1) is 11.3 Å². The van der Waals surface area contributed by atoms with Crippen LogP contribution in [0.1, 0.15) is 4.88 Å². The standard InChI is InChI=1S/C11H13BrN4O2S2/c12-10-4-3-8(19-10)5-7-15-20(17,18)9-2-1-6-14-11(9)16-13/h1-4,6,15H,5,7,13H2,(H,14,16). The van der Waals surface area contributed by atoms with E-state index in [1.807, 2.05) is 12.1 Å². The highest BCUT2D eigenvalue weighted by Gasteiger charge is 2.18. The lowest BCUT2D eigenvalue weighted by Crippen LogP contribution is -2.27. The summed E-state index contributed by atoms with van der Waals surface area (Å²) < 4.78 is 27.9. The van der Waals surface area contributed by atoms with Crippen LogP contribution in [0.5, 0.6) is 0 Å². The molecule has 0 aromatic carbocycles. The Morgan fingerprint density at radius 1 is 1.35 bits per heavy atom. The Kier molecular flexibility index (Phi) is 5.11. The first-order chi connectivity index (χ1) is 9.53. The third kappa shape index (κ3) is 3.76. The largest absolute Gasteiger partial charge is 0.307 e. The number of rotatable bonds is 6. The minimum atomic E-state index is -3.63. The molecule has 0 bridgehead atoms. The Morgan fingerprint density at radius 2 is 2.15 bits per heavy atom. The van der Waals surface area contributed by atoms with Crippen molar-refractivity contribution in [3.63, 3.8) is 0 Å². The fourth-order valence-corrected chi connectivity index (χ4v) is 4.22. The van der Waals surface area contributed by atoms with E-state index in [4.69, 9.17) is 5.84 Å². The Labute approximate surface area is 129 Å². The van der Waals surface area contributed by atoms with Crippen LogP contribution in [0.25, 0.3) is 0 Å². The molecule has 0 spiro atoms. The molecule has 2 heterocycles. The molecule has 9 heteroatoms. The summed E-state index contributed by atoms with van der Waals surface area (Å²) >= 11 is 4.95. The second kappa shape index (κ2) is 6.64. The molecule has 0 aliphatic rings. The molecular weight excluding hydrogens is 364 g/mol. The van der Waals surface area contributed by atoms with Crippen LogP contribution in [0, 0.1) is 0 Å². The van der Waals surface area contributed by atoms with E-state index in [0.29, 0.717) is 13.0 Å². The Morgan fingerprint density at radius 3 is 2.80 bits per heavy atom. The summed E-state index contributed by atoms with van der Waals surface area (Å²) in [7, 11) is -3.63. The molecule has 0 aliphatic carbocycles. The molecule has 108 valence electrons. The molecule has 0 unspecified atom stereocenters. The predicted molar refractivity (Wildman–Crippen MR) is 83.0 cm³/mol. The summed E-state index contributed by atoms with van der Waals surface area (Å²) in [5.74, 6) is 5.39. The lowest BCUT2D eigenvalue weighted by molar-refractivity contribution is 0.582. The van der Waals surface area contributed by atoms with Gasteiger partial charge in [0.15, 0.2) is 5.82 Å². The third-order valence-electron chi connectivity index (χ3n) is 2.49. The maximum Gasteiger partial charge on any atom is 0.244 e. The minimum absolute atomic E-state index is 0.0369. The lowest BCUT2D eigenvalue weighted by Gasteiger charge is -2.09. The molecule has 2 aromatic rings. The van der Waals surface area contributed by atoms with E-state index in [0.717, 1.165) is 8.66 Å². The molecule has 6 nitrogen and oxygen atoms in total.